The molecule has 0 radical (unpaired) electrons. The number of thiazole rings is 1. The molecule has 6 heteroatoms. The number of rotatable bonds is 5. The standard InChI is InChI=1S/C11H15N3OS2/c12-9(16)11(3-1-4-11)10(15)13-5-2-8-6-17-7-14-8/h6-7H,1-5H2,(H2,12,16)(H,13,15). The first kappa shape index (κ1) is 12.4. The number of carbonyl (C=O) groups excluding carboxylic acids is 1. The second kappa shape index (κ2) is 5.10. The van der Waals surface area contributed by atoms with E-state index in [0.29, 0.717) is 11.5 Å². The van der Waals surface area contributed by atoms with Crippen LogP contribution >= 0.6 is 23.6 Å². The Kier molecular flexibility index (Phi) is 3.73. The van der Waals surface area contributed by atoms with Gasteiger partial charge in [-0.1, -0.05) is 18.6 Å². The van der Waals surface area contributed by atoms with Crippen LogP contribution in [-0.4, -0.2) is 22.4 Å². The second-order valence-electron chi connectivity index (χ2n) is 4.29. The van der Waals surface area contributed by atoms with Gasteiger partial charge in [0.15, 0.2) is 0 Å². The lowest BCUT2D eigenvalue weighted by molar-refractivity contribution is -0.130. The summed E-state index contributed by atoms with van der Waals surface area (Å²) >= 11 is 6.55. The Morgan fingerprint density at radius 1 is 1.65 bits per heavy atom. The van der Waals surface area contributed by atoms with Gasteiger partial charge in [0.25, 0.3) is 0 Å². The van der Waals surface area contributed by atoms with Crippen LogP contribution in [-0.2, 0) is 11.2 Å². The number of amides is 1. The first-order chi connectivity index (χ1) is 8.15. The van der Waals surface area contributed by atoms with E-state index in [2.05, 4.69) is 10.3 Å². The Morgan fingerprint density at radius 2 is 2.41 bits per heavy atom. The highest BCUT2D eigenvalue weighted by Gasteiger charge is 2.46. The summed E-state index contributed by atoms with van der Waals surface area (Å²) in [4.78, 5) is 16.5. The molecule has 1 aromatic heterocycles. The zero-order valence-electron chi connectivity index (χ0n) is 9.44. The van der Waals surface area contributed by atoms with Crippen molar-refractivity contribution in [1.82, 2.24) is 10.3 Å². The van der Waals surface area contributed by atoms with Crippen molar-refractivity contribution in [2.45, 2.75) is 25.7 Å². The molecule has 4 nitrogen and oxygen atoms in total. The maximum atomic E-state index is 12.0. The minimum absolute atomic E-state index is 0.0218. The molecule has 0 spiro atoms. The van der Waals surface area contributed by atoms with Crippen molar-refractivity contribution in [2.24, 2.45) is 11.1 Å². The van der Waals surface area contributed by atoms with Crippen LogP contribution in [0.1, 0.15) is 25.0 Å². The van der Waals surface area contributed by atoms with Crippen LogP contribution in [0.4, 0.5) is 0 Å². The van der Waals surface area contributed by atoms with E-state index in [-0.39, 0.29) is 5.91 Å². The van der Waals surface area contributed by atoms with Crippen molar-refractivity contribution in [3.63, 3.8) is 0 Å². The van der Waals surface area contributed by atoms with Crippen LogP contribution in [0.3, 0.4) is 0 Å². The van der Waals surface area contributed by atoms with Gasteiger partial charge in [0.1, 0.15) is 0 Å². The van der Waals surface area contributed by atoms with Gasteiger partial charge in [-0.2, -0.15) is 0 Å². The highest BCUT2D eigenvalue weighted by atomic mass is 32.1. The number of hydrogen-bond donors (Lipinski definition) is 2. The molecule has 0 aromatic carbocycles. The van der Waals surface area contributed by atoms with Gasteiger partial charge in [0, 0.05) is 18.3 Å². The summed E-state index contributed by atoms with van der Waals surface area (Å²) in [6, 6.07) is 0. The van der Waals surface area contributed by atoms with E-state index in [9.17, 15) is 4.79 Å². The van der Waals surface area contributed by atoms with Crippen molar-refractivity contribution >= 4 is 34.5 Å². The Hall–Kier alpha value is -1.01. The fourth-order valence-corrected chi connectivity index (χ4v) is 2.84. The van der Waals surface area contributed by atoms with Crippen LogP contribution in [0.5, 0.6) is 0 Å². The number of nitrogens with two attached hydrogens (primary N) is 1. The molecule has 1 fully saturated rings. The van der Waals surface area contributed by atoms with Crippen molar-refractivity contribution in [3.8, 4) is 0 Å². The number of nitrogens with zero attached hydrogens (tertiary/aromatic N) is 1. The van der Waals surface area contributed by atoms with Crippen LogP contribution in [0.25, 0.3) is 0 Å². The van der Waals surface area contributed by atoms with Crippen LogP contribution in [0.2, 0.25) is 0 Å². The number of nitrogens with one attached hydrogen (secondary N) is 1. The van der Waals surface area contributed by atoms with E-state index in [1.54, 1.807) is 16.8 Å². The van der Waals surface area contributed by atoms with E-state index >= 15 is 0 Å². The summed E-state index contributed by atoms with van der Waals surface area (Å²) in [7, 11) is 0. The molecule has 1 saturated carbocycles. The third-order valence-corrected chi connectivity index (χ3v) is 4.29. The van der Waals surface area contributed by atoms with Gasteiger partial charge in [-0.3, -0.25) is 4.79 Å². The Labute approximate surface area is 110 Å². The summed E-state index contributed by atoms with van der Waals surface area (Å²) in [5.41, 5.74) is 7.89. The smallest absolute Gasteiger partial charge is 0.233 e. The van der Waals surface area contributed by atoms with E-state index in [0.717, 1.165) is 31.4 Å². The zero-order chi connectivity index (χ0) is 12.3. The fourth-order valence-electron chi connectivity index (χ4n) is 1.95. The Morgan fingerprint density at radius 3 is 2.88 bits per heavy atom. The van der Waals surface area contributed by atoms with E-state index in [1.165, 1.54) is 0 Å². The summed E-state index contributed by atoms with van der Waals surface area (Å²) in [6.07, 6.45) is 3.34. The third kappa shape index (κ3) is 2.47. The fraction of sp³-hybridized carbons (Fsp3) is 0.545. The maximum Gasteiger partial charge on any atom is 0.233 e. The molecular formula is C11H15N3OS2. The van der Waals surface area contributed by atoms with Gasteiger partial charge in [-0.25, -0.2) is 4.98 Å². The van der Waals surface area contributed by atoms with Crippen molar-refractivity contribution in [1.29, 1.82) is 0 Å². The van der Waals surface area contributed by atoms with E-state index in [1.807, 2.05) is 5.38 Å². The number of aromatic nitrogens is 1. The van der Waals surface area contributed by atoms with Gasteiger partial charge < -0.3 is 11.1 Å². The van der Waals surface area contributed by atoms with E-state index in [4.69, 9.17) is 18.0 Å². The lowest BCUT2D eigenvalue weighted by Crippen LogP contribution is -2.53. The Bertz CT molecular complexity index is 412. The third-order valence-electron chi connectivity index (χ3n) is 3.26. The number of carbonyl (C=O) groups is 1. The maximum absolute atomic E-state index is 12.0. The average molecular weight is 269 g/mol. The molecule has 1 aliphatic rings. The van der Waals surface area contributed by atoms with Crippen molar-refractivity contribution in [2.75, 3.05) is 6.54 Å². The summed E-state index contributed by atoms with van der Waals surface area (Å²) in [6.45, 7) is 0.590. The molecular weight excluding hydrogens is 254 g/mol. The van der Waals surface area contributed by atoms with Gasteiger partial charge >= 0.3 is 0 Å². The molecule has 0 bridgehead atoms. The van der Waals surface area contributed by atoms with Crippen LogP contribution < -0.4 is 11.1 Å². The highest BCUT2D eigenvalue weighted by Crippen LogP contribution is 2.41. The van der Waals surface area contributed by atoms with Crippen molar-refractivity contribution in [3.05, 3.63) is 16.6 Å². The molecule has 2 rings (SSSR count). The van der Waals surface area contributed by atoms with Gasteiger partial charge in [0.2, 0.25) is 5.91 Å². The molecule has 1 heterocycles. The molecule has 0 aliphatic heterocycles. The Balaban J connectivity index is 1.83. The first-order valence-corrected chi connectivity index (χ1v) is 6.95. The van der Waals surface area contributed by atoms with Gasteiger partial charge in [-0.05, 0) is 12.8 Å². The minimum atomic E-state index is -0.572. The molecule has 1 aliphatic carbocycles. The number of hydrogen-bond acceptors (Lipinski definition) is 4. The normalized spacial score (nSPS) is 17.2. The number of thiocarbonyl (C=S) groups is 1. The first-order valence-electron chi connectivity index (χ1n) is 5.60. The van der Waals surface area contributed by atoms with Crippen molar-refractivity contribution < 1.29 is 4.79 Å². The van der Waals surface area contributed by atoms with E-state index < -0.39 is 5.41 Å². The average Bonchev–Trinajstić information content (AvgIpc) is 2.67. The van der Waals surface area contributed by atoms with Crippen LogP contribution in [0, 0.1) is 5.41 Å². The molecule has 0 atom stereocenters. The summed E-state index contributed by atoms with van der Waals surface area (Å²) in [5.74, 6) is -0.0218. The van der Waals surface area contributed by atoms with Crippen LogP contribution in [0.15, 0.2) is 10.9 Å². The molecule has 1 aromatic rings. The van der Waals surface area contributed by atoms with Gasteiger partial charge in [-0.15, -0.1) is 11.3 Å². The SMILES string of the molecule is NC(=S)C1(C(=O)NCCc2cscn2)CCC1. The minimum Gasteiger partial charge on any atom is -0.392 e. The lowest BCUT2D eigenvalue weighted by Gasteiger charge is -2.39. The molecule has 0 unspecified atom stereocenters. The molecule has 92 valence electrons. The lowest BCUT2D eigenvalue weighted by atomic mass is 9.68. The summed E-state index contributed by atoms with van der Waals surface area (Å²) in [5, 5.41) is 4.89. The summed E-state index contributed by atoms with van der Waals surface area (Å²) < 4.78 is 0. The largest absolute Gasteiger partial charge is 0.392 e. The molecule has 3 N–H and O–H groups in total. The van der Waals surface area contributed by atoms with Gasteiger partial charge in [0.05, 0.1) is 21.6 Å². The molecule has 1 amide bonds. The monoisotopic (exact) mass is 269 g/mol. The topological polar surface area (TPSA) is 68.0 Å². The second-order valence-corrected chi connectivity index (χ2v) is 5.44. The predicted molar refractivity (Wildman–Crippen MR) is 71.9 cm³/mol. The molecule has 0 saturated heterocycles. The predicted octanol–water partition coefficient (Wildman–Crippen LogP) is 1.26. The quantitative estimate of drug-likeness (QED) is 0.790. The highest BCUT2D eigenvalue weighted by molar-refractivity contribution is 7.80. The zero-order valence-corrected chi connectivity index (χ0v) is 11.1. The molecule has 17 heavy (non-hydrogen) atoms.